The molecule has 0 bridgehead atoms. The Labute approximate surface area is 139 Å². The van der Waals surface area contributed by atoms with Crippen LogP contribution in [0.15, 0.2) is 22.7 Å². The summed E-state index contributed by atoms with van der Waals surface area (Å²) in [6.07, 6.45) is 4.12. The highest BCUT2D eigenvalue weighted by molar-refractivity contribution is 9.10. The number of amides is 1. The van der Waals surface area contributed by atoms with E-state index in [1.54, 1.807) is 12.1 Å². The Morgan fingerprint density at radius 1 is 1.45 bits per heavy atom. The number of hydrogen-bond donors (Lipinski definition) is 1. The number of piperidine rings is 1. The zero-order valence-electron chi connectivity index (χ0n) is 11.1. The van der Waals surface area contributed by atoms with Gasteiger partial charge in [0.05, 0.1) is 10.6 Å². The van der Waals surface area contributed by atoms with Gasteiger partial charge in [0.1, 0.15) is 0 Å². The summed E-state index contributed by atoms with van der Waals surface area (Å²) in [6.45, 7) is 1.41. The Morgan fingerprint density at radius 3 is 2.90 bits per heavy atom. The fourth-order valence-electron chi connectivity index (χ4n) is 2.58. The van der Waals surface area contributed by atoms with E-state index in [4.69, 9.17) is 17.3 Å². The fourth-order valence-corrected chi connectivity index (χ4v) is 3.14. The van der Waals surface area contributed by atoms with Gasteiger partial charge in [0.25, 0.3) is 5.91 Å². The van der Waals surface area contributed by atoms with Gasteiger partial charge >= 0.3 is 0 Å². The van der Waals surface area contributed by atoms with Crippen molar-refractivity contribution < 1.29 is 4.79 Å². The third-order valence-electron chi connectivity index (χ3n) is 3.55. The van der Waals surface area contributed by atoms with Gasteiger partial charge in [-0.05, 0) is 50.4 Å². The molecule has 2 N–H and O–H groups in total. The molecular weight excluding hydrogens is 363 g/mol. The van der Waals surface area contributed by atoms with Gasteiger partial charge in [-0.1, -0.05) is 27.5 Å². The molecule has 2 rings (SSSR count). The molecule has 0 spiro atoms. The minimum atomic E-state index is 0. The van der Waals surface area contributed by atoms with E-state index in [1.165, 1.54) is 6.42 Å². The maximum Gasteiger partial charge on any atom is 0.255 e. The van der Waals surface area contributed by atoms with E-state index in [-0.39, 0.29) is 24.4 Å². The van der Waals surface area contributed by atoms with E-state index in [2.05, 4.69) is 15.9 Å². The number of likely N-dealkylation sites (tertiary alicyclic amines) is 1. The standard InChI is InChI=1S/C14H18BrClN2O.ClH/c15-10-4-5-13(16)12(9-10)14(19)18-8-2-1-3-11(18)6-7-17;/h4-5,9,11H,1-3,6-8,17H2;1H. The lowest BCUT2D eigenvalue weighted by Crippen LogP contribution is -2.44. The van der Waals surface area contributed by atoms with Crippen molar-refractivity contribution in [3.8, 4) is 0 Å². The zero-order valence-corrected chi connectivity index (χ0v) is 14.3. The predicted molar refractivity (Wildman–Crippen MR) is 88.7 cm³/mol. The summed E-state index contributed by atoms with van der Waals surface area (Å²) in [4.78, 5) is 14.6. The highest BCUT2D eigenvalue weighted by Gasteiger charge is 2.28. The van der Waals surface area contributed by atoms with Crippen molar-refractivity contribution in [2.24, 2.45) is 5.73 Å². The largest absolute Gasteiger partial charge is 0.336 e. The van der Waals surface area contributed by atoms with Crippen molar-refractivity contribution >= 4 is 45.8 Å². The molecule has 1 saturated heterocycles. The fraction of sp³-hybridized carbons (Fsp3) is 0.500. The number of carbonyl (C=O) groups excluding carboxylic acids is 1. The molecule has 20 heavy (non-hydrogen) atoms. The van der Waals surface area contributed by atoms with E-state index in [9.17, 15) is 4.79 Å². The maximum atomic E-state index is 12.6. The molecule has 1 aliphatic rings. The van der Waals surface area contributed by atoms with Gasteiger partial charge in [-0.25, -0.2) is 0 Å². The Kier molecular flexibility index (Phi) is 7.30. The number of halogens is 3. The monoisotopic (exact) mass is 380 g/mol. The smallest absolute Gasteiger partial charge is 0.255 e. The van der Waals surface area contributed by atoms with Crippen molar-refractivity contribution in [1.82, 2.24) is 4.90 Å². The summed E-state index contributed by atoms with van der Waals surface area (Å²) in [5.41, 5.74) is 6.21. The van der Waals surface area contributed by atoms with Gasteiger partial charge in [0.15, 0.2) is 0 Å². The lowest BCUT2D eigenvalue weighted by Gasteiger charge is -2.36. The first-order valence-electron chi connectivity index (χ1n) is 6.59. The van der Waals surface area contributed by atoms with Crippen LogP contribution >= 0.6 is 39.9 Å². The second kappa shape index (κ2) is 8.23. The average Bonchev–Trinajstić information content (AvgIpc) is 2.42. The quantitative estimate of drug-likeness (QED) is 0.863. The molecule has 1 aromatic rings. The molecule has 0 radical (unpaired) electrons. The molecule has 1 atom stereocenters. The molecule has 112 valence electrons. The minimum absolute atomic E-state index is 0. The van der Waals surface area contributed by atoms with Gasteiger partial charge in [0, 0.05) is 17.1 Å². The van der Waals surface area contributed by atoms with Crippen molar-refractivity contribution in [1.29, 1.82) is 0 Å². The van der Waals surface area contributed by atoms with Gasteiger partial charge in [-0.15, -0.1) is 12.4 Å². The van der Waals surface area contributed by atoms with Crippen LogP contribution in [0.25, 0.3) is 0 Å². The molecule has 1 amide bonds. The second-order valence-corrected chi connectivity index (χ2v) is 6.17. The van der Waals surface area contributed by atoms with Crippen LogP contribution < -0.4 is 5.73 Å². The van der Waals surface area contributed by atoms with Crippen LogP contribution in [-0.4, -0.2) is 29.9 Å². The van der Waals surface area contributed by atoms with E-state index >= 15 is 0 Å². The maximum absolute atomic E-state index is 12.6. The summed E-state index contributed by atoms with van der Waals surface area (Å²) in [5, 5.41) is 0.505. The molecule has 1 unspecified atom stereocenters. The normalized spacial score (nSPS) is 18.6. The lowest BCUT2D eigenvalue weighted by atomic mass is 9.98. The van der Waals surface area contributed by atoms with Gasteiger partial charge in [-0.2, -0.15) is 0 Å². The molecule has 6 heteroatoms. The molecule has 0 saturated carbocycles. The first-order valence-corrected chi connectivity index (χ1v) is 7.76. The number of benzene rings is 1. The topological polar surface area (TPSA) is 46.3 Å². The van der Waals surface area contributed by atoms with Gasteiger partial charge < -0.3 is 10.6 Å². The molecule has 1 aliphatic heterocycles. The summed E-state index contributed by atoms with van der Waals surface area (Å²) < 4.78 is 0.868. The Bertz CT molecular complexity index is 468. The number of carbonyl (C=O) groups is 1. The van der Waals surface area contributed by atoms with Crippen molar-refractivity contribution in [3.63, 3.8) is 0 Å². The molecule has 1 fully saturated rings. The average molecular weight is 382 g/mol. The Hall–Kier alpha value is -0.290. The lowest BCUT2D eigenvalue weighted by molar-refractivity contribution is 0.0605. The summed E-state index contributed by atoms with van der Waals surface area (Å²) in [5.74, 6) is 0.0180. The van der Waals surface area contributed by atoms with Crippen molar-refractivity contribution in [2.75, 3.05) is 13.1 Å². The predicted octanol–water partition coefficient (Wildman–Crippen LogP) is 3.87. The van der Waals surface area contributed by atoms with Gasteiger partial charge in [0.2, 0.25) is 0 Å². The molecule has 3 nitrogen and oxygen atoms in total. The van der Waals surface area contributed by atoms with E-state index in [1.807, 2.05) is 11.0 Å². The number of nitrogens with two attached hydrogens (primary N) is 1. The van der Waals surface area contributed by atoms with E-state index < -0.39 is 0 Å². The van der Waals surface area contributed by atoms with Crippen LogP contribution in [0.1, 0.15) is 36.0 Å². The minimum Gasteiger partial charge on any atom is -0.336 e. The van der Waals surface area contributed by atoms with Crippen LogP contribution in [0.5, 0.6) is 0 Å². The first-order chi connectivity index (χ1) is 9.13. The summed E-state index contributed by atoms with van der Waals surface area (Å²) in [6, 6.07) is 5.63. The summed E-state index contributed by atoms with van der Waals surface area (Å²) in [7, 11) is 0. The highest BCUT2D eigenvalue weighted by Crippen LogP contribution is 2.26. The van der Waals surface area contributed by atoms with Crippen LogP contribution in [0, 0.1) is 0 Å². The highest BCUT2D eigenvalue weighted by atomic mass is 79.9. The second-order valence-electron chi connectivity index (χ2n) is 4.85. The Morgan fingerprint density at radius 2 is 2.20 bits per heavy atom. The van der Waals surface area contributed by atoms with Gasteiger partial charge in [-0.3, -0.25) is 4.79 Å². The third-order valence-corrected chi connectivity index (χ3v) is 4.37. The number of hydrogen-bond acceptors (Lipinski definition) is 2. The molecule has 1 aromatic carbocycles. The third kappa shape index (κ3) is 4.10. The van der Waals surface area contributed by atoms with Crippen molar-refractivity contribution in [3.05, 3.63) is 33.3 Å². The van der Waals surface area contributed by atoms with Crippen LogP contribution in [0.4, 0.5) is 0 Å². The molecule has 1 heterocycles. The number of nitrogens with zero attached hydrogens (tertiary/aromatic N) is 1. The molecule has 0 aromatic heterocycles. The Balaban J connectivity index is 0.00000200. The molecule has 0 aliphatic carbocycles. The van der Waals surface area contributed by atoms with E-state index in [0.717, 1.165) is 30.3 Å². The van der Waals surface area contributed by atoms with Crippen molar-refractivity contribution in [2.45, 2.75) is 31.7 Å². The van der Waals surface area contributed by atoms with Crippen LogP contribution in [0.2, 0.25) is 5.02 Å². The molecular formula is C14H19BrCl2N2O. The summed E-state index contributed by atoms with van der Waals surface area (Å²) >= 11 is 9.53. The van der Waals surface area contributed by atoms with Crippen LogP contribution in [0.3, 0.4) is 0 Å². The number of rotatable bonds is 3. The van der Waals surface area contributed by atoms with Crippen LogP contribution in [-0.2, 0) is 0 Å². The zero-order chi connectivity index (χ0) is 13.8. The SMILES string of the molecule is Cl.NCCC1CCCCN1C(=O)c1cc(Br)ccc1Cl. The first kappa shape index (κ1) is 17.8. The van der Waals surface area contributed by atoms with E-state index in [0.29, 0.717) is 17.1 Å².